The number of aliphatic imine (C=N–C) groups is 1. The van der Waals surface area contributed by atoms with Crippen LogP contribution in [0.4, 0.5) is 0 Å². The van der Waals surface area contributed by atoms with Gasteiger partial charge in [0.05, 0.1) is 19.3 Å². The lowest BCUT2D eigenvalue weighted by Gasteiger charge is -2.14. The summed E-state index contributed by atoms with van der Waals surface area (Å²) < 4.78 is 7.30. The molecular weight excluding hydrogens is 610 g/mol. The number of imidazole rings is 1. The largest absolute Gasteiger partial charge is 0.483 e. The van der Waals surface area contributed by atoms with E-state index >= 15 is 0 Å². The second-order valence-electron chi connectivity index (χ2n) is 10.4. The molecule has 0 saturated carbocycles. The third-order valence-corrected chi connectivity index (χ3v) is 6.89. The number of allylic oxidation sites excluding steroid dienone is 1. The van der Waals surface area contributed by atoms with Gasteiger partial charge in [0.1, 0.15) is 5.65 Å². The number of rotatable bonds is 10. The van der Waals surface area contributed by atoms with E-state index in [0.717, 1.165) is 56.4 Å². The SMILES string of the molecule is C/C(C=NCc1cn2cc(C)ccc2n1)=C/N.COc1nccc2c(C)c(CNC=O)c(C)cc12.O=CNCc1ccccc1.O=CO. The quantitative estimate of drug-likeness (QED) is 0.123. The average Bonchev–Trinajstić information content (AvgIpc) is 3.50. The first-order valence-electron chi connectivity index (χ1n) is 14.9. The highest BCUT2D eigenvalue weighted by molar-refractivity contribution is 5.91. The lowest BCUT2D eigenvalue weighted by Crippen LogP contribution is -2.12. The molecule has 5 N–H and O–H groups in total. The van der Waals surface area contributed by atoms with E-state index in [1.807, 2.05) is 66.9 Å². The van der Waals surface area contributed by atoms with E-state index in [4.69, 9.17) is 20.4 Å². The lowest BCUT2D eigenvalue weighted by atomic mass is 9.96. The summed E-state index contributed by atoms with van der Waals surface area (Å²) in [5.41, 5.74) is 14.0. The molecule has 12 heteroatoms. The number of carboxylic acid groups (broad SMARTS) is 1. The summed E-state index contributed by atoms with van der Waals surface area (Å²) >= 11 is 0. The highest BCUT2D eigenvalue weighted by atomic mass is 16.5. The van der Waals surface area contributed by atoms with Crippen LogP contribution >= 0.6 is 0 Å². The van der Waals surface area contributed by atoms with Crippen molar-refractivity contribution in [3.8, 4) is 5.88 Å². The van der Waals surface area contributed by atoms with Crippen LogP contribution in [0.3, 0.4) is 0 Å². The number of hydrogen-bond acceptors (Lipinski definition) is 8. The van der Waals surface area contributed by atoms with Gasteiger partial charge < -0.3 is 30.6 Å². The Bertz CT molecular complexity index is 1820. The molecule has 0 radical (unpaired) electrons. The number of aryl methyl sites for hydroxylation is 3. The van der Waals surface area contributed by atoms with Crippen molar-refractivity contribution in [1.82, 2.24) is 25.0 Å². The van der Waals surface area contributed by atoms with Gasteiger partial charge in [-0.3, -0.25) is 19.4 Å². The van der Waals surface area contributed by atoms with E-state index in [2.05, 4.69) is 57.8 Å². The molecule has 0 saturated heterocycles. The van der Waals surface area contributed by atoms with Crippen LogP contribution in [0.2, 0.25) is 0 Å². The van der Waals surface area contributed by atoms with Crippen LogP contribution in [0.1, 0.15) is 40.4 Å². The number of aromatic nitrogens is 3. The molecule has 252 valence electrons. The van der Waals surface area contributed by atoms with Gasteiger partial charge in [-0.05, 0) is 90.9 Å². The number of carbonyl (C=O) groups is 3. The molecule has 0 bridgehead atoms. The van der Waals surface area contributed by atoms with E-state index in [9.17, 15) is 9.59 Å². The highest BCUT2D eigenvalue weighted by Crippen LogP contribution is 2.30. The van der Waals surface area contributed by atoms with Gasteiger partial charge >= 0.3 is 0 Å². The van der Waals surface area contributed by atoms with Crippen molar-refractivity contribution < 1.29 is 24.2 Å². The summed E-state index contributed by atoms with van der Waals surface area (Å²) in [4.78, 5) is 41.6. The van der Waals surface area contributed by atoms with Crippen molar-refractivity contribution in [2.75, 3.05) is 7.11 Å². The molecular formula is C36H43N7O5. The van der Waals surface area contributed by atoms with Crippen molar-refractivity contribution in [1.29, 1.82) is 0 Å². The van der Waals surface area contributed by atoms with Crippen molar-refractivity contribution in [3.63, 3.8) is 0 Å². The lowest BCUT2D eigenvalue weighted by molar-refractivity contribution is -0.123. The van der Waals surface area contributed by atoms with Crippen LogP contribution < -0.4 is 21.1 Å². The van der Waals surface area contributed by atoms with Crippen molar-refractivity contribution in [3.05, 3.63) is 118 Å². The predicted molar refractivity (Wildman–Crippen MR) is 189 cm³/mol. The highest BCUT2D eigenvalue weighted by Gasteiger charge is 2.11. The number of pyridine rings is 2. The fourth-order valence-electron chi connectivity index (χ4n) is 4.57. The van der Waals surface area contributed by atoms with Crippen LogP contribution in [-0.2, 0) is 34.0 Å². The van der Waals surface area contributed by atoms with E-state index in [-0.39, 0.29) is 6.47 Å². The Balaban J connectivity index is 0.000000249. The van der Waals surface area contributed by atoms with E-state index in [1.165, 1.54) is 11.8 Å². The number of amides is 2. The Morgan fingerprint density at radius 2 is 1.67 bits per heavy atom. The normalized spacial score (nSPS) is 10.5. The number of fused-ring (bicyclic) bond motifs is 2. The first-order valence-corrected chi connectivity index (χ1v) is 14.9. The number of nitrogens with two attached hydrogens (primary N) is 1. The summed E-state index contributed by atoms with van der Waals surface area (Å²) in [6, 6.07) is 17.9. The van der Waals surface area contributed by atoms with Gasteiger partial charge in [0.25, 0.3) is 6.47 Å². The Labute approximate surface area is 280 Å². The Morgan fingerprint density at radius 1 is 0.979 bits per heavy atom. The maximum Gasteiger partial charge on any atom is 0.290 e. The third-order valence-electron chi connectivity index (χ3n) is 6.89. The summed E-state index contributed by atoms with van der Waals surface area (Å²) in [5.74, 6) is 0.633. The van der Waals surface area contributed by atoms with Crippen LogP contribution in [0.5, 0.6) is 5.88 Å². The number of methoxy groups -OCH3 is 1. The first-order chi connectivity index (χ1) is 23.2. The van der Waals surface area contributed by atoms with Crippen LogP contribution in [0.15, 0.2) is 90.0 Å². The molecule has 0 aliphatic carbocycles. The number of ether oxygens (including phenoxy) is 1. The fourth-order valence-corrected chi connectivity index (χ4v) is 4.57. The number of benzene rings is 2. The molecule has 48 heavy (non-hydrogen) atoms. The molecule has 12 nitrogen and oxygen atoms in total. The molecule has 0 unspecified atom stereocenters. The van der Waals surface area contributed by atoms with Gasteiger partial charge in [-0.25, -0.2) is 9.97 Å². The second kappa shape index (κ2) is 20.9. The maximum absolute atomic E-state index is 10.4. The minimum absolute atomic E-state index is 0.250. The molecule has 5 aromatic rings. The topological polar surface area (TPSA) is 173 Å². The van der Waals surface area contributed by atoms with Crippen LogP contribution in [0.25, 0.3) is 16.4 Å². The van der Waals surface area contributed by atoms with Crippen molar-refractivity contribution in [2.24, 2.45) is 10.7 Å². The molecule has 2 amide bonds. The van der Waals surface area contributed by atoms with Crippen molar-refractivity contribution >= 4 is 41.9 Å². The van der Waals surface area contributed by atoms with Crippen molar-refractivity contribution in [2.45, 2.75) is 47.3 Å². The zero-order valence-electron chi connectivity index (χ0n) is 27.9. The second-order valence-corrected chi connectivity index (χ2v) is 10.4. The van der Waals surface area contributed by atoms with Gasteiger partial charge in [0.15, 0.2) is 0 Å². The van der Waals surface area contributed by atoms with Gasteiger partial charge in [-0.2, -0.15) is 0 Å². The maximum atomic E-state index is 10.4. The smallest absolute Gasteiger partial charge is 0.290 e. The third kappa shape index (κ3) is 12.0. The average molecular weight is 654 g/mol. The number of hydrogen-bond donors (Lipinski definition) is 4. The molecule has 0 atom stereocenters. The molecule has 2 aromatic carbocycles. The zero-order valence-corrected chi connectivity index (χ0v) is 27.9. The number of carbonyl (C=O) groups excluding carboxylic acids is 2. The Kier molecular flexibility index (Phi) is 16.6. The van der Waals surface area contributed by atoms with Gasteiger partial charge in [-0.15, -0.1) is 0 Å². The first kappa shape index (κ1) is 38.1. The molecule has 0 aliphatic rings. The Morgan fingerprint density at radius 3 is 2.31 bits per heavy atom. The minimum atomic E-state index is -0.250. The van der Waals surface area contributed by atoms with E-state index in [1.54, 1.807) is 19.5 Å². The molecule has 0 fully saturated rings. The van der Waals surface area contributed by atoms with Gasteiger partial charge in [0, 0.05) is 43.3 Å². The fraction of sp³-hybridized carbons (Fsp3) is 0.222. The summed E-state index contributed by atoms with van der Waals surface area (Å²) in [7, 11) is 1.62. The Hall–Kier alpha value is -6.04. The molecule has 3 heterocycles. The van der Waals surface area contributed by atoms with Gasteiger partial charge in [-0.1, -0.05) is 36.4 Å². The van der Waals surface area contributed by atoms with E-state index < -0.39 is 0 Å². The summed E-state index contributed by atoms with van der Waals surface area (Å²) in [5, 5.41) is 14.3. The standard InChI is InChI=1S/C14H16N2O2.C13H16N4.C8H9NO.CH2O2/c1-9-6-12-11(4-5-16-14(12)18-3)10(2)13(9)7-15-8-17;1-10-3-4-13-16-12(9-17(13)8-10)7-15-6-11(2)5-14;10-7-9-6-8-4-2-1-3-5-8;2-1-3/h4-6,8H,7H2,1-3H3,(H,15,17);3-6,8-9H,7,14H2,1-2H3;1-5,7H,6H2,(H,9,10);1H,(H,2,3)/b;11-5-,15-6?;;. The number of nitrogens with one attached hydrogen (secondary N) is 2. The van der Waals surface area contributed by atoms with Gasteiger partial charge in [0.2, 0.25) is 18.7 Å². The summed E-state index contributed by atoms with van der Waals surface area (Å²) in [6.07, 6.45) is 10.5. The van der Waals surface area contributed by atoms with Crippen LogP contribution in [-0.4, -0.2) is 52.1 Å². The zero-order chi connectivity index (χ0) is 35.3. The van der Waals surface area contributed by atoms with E-state index in [0.29, 0.717) is 31.9 Å². The summed E-state index contributed by atoms with van der Waals surface area (Å²) in [6.45, 7) is 9.54. The minimum Gasteiger partial charge on any atom is -0.483 e. The number of nitrogens with zero attached hydrogens (tertiary/aromatic N) is 4. The monoisotopic (exact) mass is 653 g/mol. The molecule has 0 spiro atoms. The van der Waals surface area contributed by atoms with Crippen LogP contribution in [0, 0.1) is 20.8 Å². The molecule has 0 aliphatic heterocycles. The molecule has 5 rings (SSSR count). The molecule has 3 aromatic heterocycles. The predicted octanol–water partition coefficient (Wildman–Crippen LogP) is 4.82.